The second-order valence-corrected chi connectivity index (χ2v) is 29.4. The van der Waals surface area contributed by atoms with E-state index in [4.69, 9.17) is 27.9 Å². The molecule has 5 aromatic carbocycles. The van der Waals surface area contributed by atoms with Crippen LogP contribution in [-0.4, -0.2) is 100 Å². The number of aromatic nitrogens is 3. The Bertz CT molecular complexity index is 4710. The van der Waals surface area contributed by atoms with Crippen molar-refractivity contribution >= 4 is 58.5 Å². The van der Waals surface area contributed by atoms with Crippen molar-refractivity contribution < 1.29 is 118 Å². The molecule has 0 atom stereocenters. The molecule has 0 bridgehead atoms. The molecule has 5 aliphatic rings. The van der Waals surface area contributed by atoms with E-state index in [1.165, 1.54) is 98.8 Å². The van der Waals surface area contributed by atoms with Crippen LogP contribution in [0.15, 0.2) is 169 Å². The van der Waals surface area contributed by atoms with Crippen molar-refractivity contribution in [3.05, 3.63) is 203 Å². The Morgan fingerprint density at radius 2 is 0.685 bits per heavy atom. The Balaban J connectivity index is 0.000000221. The fourth-order valence-corrected chi connectivity index (χ4v) is 11.3. The summed E-state index contributed by atoms with van der Waals surface area (Å²) in [4.78, 5) is 36.7. The number of para-hydroxylation sites is 2. The second kappa shape index (κ2) is 33.3. The van der Waals surface area contributed by atoms with Gasteiger partial charge < -0.3 is 61.1 Å². The Kier molecular flexibility index (Phi) is 27.4. The van der Waals surface area contributed by atoms with Crippen LogP contribution >= 0.6 is 31.9 Å². The number of ether oxygens (including phenoxy) is 7. The Labute approximate surface area is 649 Å². The first-order valence-corrected chi connectivity index (χ1v) is 34.1. The predicted molar refractivity (Wildman–Crippen MR) is 398 cm³/mol. The van der Waals surface area contributed by atoms with Gasteiger partial charge in [0.2, 0.25) is 0 Å². The van der Waals surface area contributed by atoms with Crippen LogP contribution in [0.25, 0.3) is 28.2 Å². The number of hydrogen-bond acceptors (Lipinski definition) is 16. The summed E-state index contributed by atoms with van der Waals surface area (Å²) in [5, 5.41) is 0. The lowest BCUT2D eigenvalue weighted by Crippen LogP contribution is -2.41. The van der Waals surface area contributed by atoms with E-state index in [0.717, 1.165) is 46.4 Å². The molecule has 3 saturated heterocycles. The van der Waals surface area contributed by atoms with Crippen LogP contribution in [0.4, 0.5) is 57.1 Å². The third-order valence-corrected chi connectivity index (χ3v) is 19.6. The summed E-state index contributed by atoms with van der Waals surface area (Å²) >= 11 is 6.36. The maximum atomic E-state index is 13.5. The summed E-state index contributed by atoms with van der Waals surface area (Å²) in [5.74, 6) is -1.37. The van der Waals surface area contributed by atoms with Crippen LogP contribution in [0.1, 0.15) is 122 Å². The largest absolute Gasteiger partial charge is 0.586 e. The van der Waals surface area contributed by atoms with Crippen molar-refractivity contribution in [2.75, 3.05) is 0 Å². The lowest BCUT2D eigenvalue weighted by Gasteiger charge is -2.32. The SMILES string of the molecule is C.C.C.CC1(C)OB(B2OC(C)(C)C(C)(C)O2)OC1(C)C.Cc1cc(=O)n(-c2ccc(OC(F)(F)F)cc2)cc1-c1cccc2c1OC(F)(F)O2.Cc1cc(=O)n(-c2ccc(OC(F)(F)F)cc2)cc1B1OC(C)(C)C(C)(C)O1.Cc1cc(=O)n(-c2ccc(OC(F)(F)F)cc2)cc1Br.FC1(F)Oc2cccc(Br)c2O1. The van der Waals surface area contributed by atoms with Crippen LogP contribution in [0.5, 0.6) is 40.2 Å². The van der Waals surface area contributed by atoms with Crippen LogP contribution in [0, 0.1) is 20.8 Å². The molecule has 13 rings (SSSR count). The van der Waals surface area contributed by atoms with Crippen LogP contribution < -0.4 is 55.3 Å². The van der Waals surface area contributed by atoms with E-state index in [-0.39, 0.29) is 102 Å². The van der Waals surface area contributed by atoms with E-state index in [9.17, 15) is 71.5 Å². The number of halogens is 15. The van der Waals surface area contributed by atoms with Crippen LogP contribution in [-0.2, 0) is 27.9 Å². The summed E-state index contributed by atoms with van der Waals surface area (Å²) in [5.41, 5.74) is 0.862. The van der Waals surface area contributed by atoms with Crippen molar-refractivity contribution in [1.82, 2.24) is 13.7 Å². The summed E-state index contributed by atoms with van der Waals surface area (Å²) in [6.07, 6.45) is -17.1. The molecule has 37 heteroatoms. The molecule has 0 amide bonds. The first-order valence-electron chi connectivity index (χ1n) is 32.5. The predicted octanol–water partition coefficient (Wildman–Crippen LogP) is 19.1. The number of nitrogens with zero attached hydrogens (tertiary/aromatic N) is 3. The van der Waals surface area contributed by atoms with Gasteiger partial charge in [-0.05, 0) is 243 Å². The monoisotopic (exact) mass is 1710 g/mol. The molecule has 0 spiro atoms. The molecular weight excluding hydrogens is 1630 g/mol. The van der Waals surface area contributed by atoms with E-state index in [1.807, 2.05) is 83.1 Å². The van der Waals surface area contributed by atoms with Crippen molar-refractivity contribution in [1.29, 1.82) is 0 Å². The van der Waals surface area contributed by atoms with Crippen molar-refractivity contribution in [2.45, 2.75) is 191 Å². The molecule has 3 fully saturated rings. The topological polar surface area (TPSA) is 186 Å². The van der Waals surface area contributed by atoms with Gasteiger partial charge in [0.25, 0.3) is 16.7 Å². The molecule has 5 aliphatic heterocycles. The highest BCUT2D eigenvalue weighted by molar-refractivity contribution is 9.10. The molecule has 0 N–H and O–H groups in total. The highest BCUT2D eigenvalue weighted by atomic mass is 79.9. The molecule has 0 radical (unpaired) electrons. The van der Waals surface area contributed by atoms with E-state index in [2.05, 4.69) is 65.0 Å². The number of alkyl halides is 13. The van der Waals surface area contributed by atoms with Crippen LogP contribution in [0.2, 0.25) is 0 Å². The zero-order chi connectivity index (χ0) is 80.3. The third kappa shape index (κ3) is 22.1. The highest BCUT2D eigenvalue weighted by Crippen LogP contribution is 2.49. The lowest BCUT2D eigenvalue weighted by atomic mass is 9.49. The molecule has 111 heavy (non-hydrogen) atoms. The normalized spacial score (nSPS) is 17.8. The van der Waals surface area contributed by atoms with Crippen molar-refractivity contribution in [3.8, 4) is 68.4 Å². The molecular formula is C74H81B3Br2F13N3O16. The van der Waals surface area contributed by atoms with Gasteiger partial charge in [0.05, 0.1) is 38.1 Å². The first-order chi connectivity index (χ1) is 49.5. The van der Waals surface area contributed by atoms with Gasteiger partial charge in [-0.1, -0.05) is 40.5 Å². The van der Waals surface area contributed by atoms with Gasteiger partial charge in [0, 0.05) is 74.9 Å². The Morgan fingerprint density at radius 1 is 0.369 bits per heavy atom. The molecule has 602 valence electrons. The fraction of sp³-hybridized carbons (Fsp3) is 0.392. The minimum absolute atomic E-state index is 0. The molecule has 0 unspecified atom stereocenters. The number of benzene rings is 5. The number of hydrogen-bond donors (Lipinski definition) is 0. The number of pyridine rings is 3. The zero-order valence-corrected chi connectivity index (χ0v) is 63.3. The van der Waals surface area contributed by atoms with E-state index in [0.29, 0.717) is 38.0 Å². The lowest BCUT2D eigenvalue weighted by molar-refractivity contribution is -0.287. The summed E-state index contributed by atoms with van der Waals surface area (Å²) < 4.78 is 232. The molecule has 8 heterocycles. The third-order valence-electron chi connectivity index (χ3n) is 18.2. The van der Waals surface area contributed by atoms with Gasteiger partial charge >= 0.3 is 52.8 Å². The van der Waals surface area contributed by atoms with Gasteiger partial charge in [-0.2, -0.15) is 0 Å². The van der Waals surface area contributed by atoms with Gasteiger partial charge in [0.1, 0.15) is 17.2 Å². The van der Waals surface area contributed by atoms with Gasteiger partial charge in [-0.25, -0.2) is 0 Å². The van der Waals surface area contributed by atoms with E-state index >= 15 is 0 Å². The number of rotatable bonds is 9. The number of aryl methyl sites for hydroxylation is 3. The molecule has 19 nitrogen and oxygen atoms in total. The highest BCUT2D eigenvalue weighted by Gasteiger charge is 2.64. The van der Waals surface area contributed by atoms with E-state index in [1.54, 1.807) is 45.3 Å². The maximum Gasteiger partial charge on any atom is 0.586 e. The minimum atomic E-state index is -4.84. The van der Waals surface area contributed by atoms with E-state index < -0.39 is 75.3 Å². The standard InChI is InChI=1S/C20H12F5NO4.C19H21BF3NO4.C13H9BrF3NO2.C12H24B2O4.C7H3BrF2O2.3CH4/c1-11-9-17(27)26(12-5-7-13(8-6-12)28-19(21,22)23)10-15(11)14-3-2-4-16-18(14)30-20(24,25)29-16;1-12-10-16(25)24(13-6-8-14(9-7-13)26-19(21,22)23)11-15(12)20-27-17(2,3)18(4,5)28-20;1-8-6-12(19)18(7-11(8)14)9-2-4-10(5-3-9)20-13(15,16)17;1-9(2)10(3,4)16-13(15-9)14-17-11(5,6)12(7,8)18-14;8-4-2-1-3-5-6(4)12-7(9,10)11-5;;;/h2-10H,1H3;6-11H,1-5H3;2-7H,1H3;1-8H3;1-3H;3*1H4. The van der Waals surface area contributed by atoms with Crippen LogP contribution in [0.3, 0.4) is 0 Å². The molecule has 0 saturated carbocycles. The van der Waals surface area contributed by atoms with Gasteiger partial charge in [-0.3, -0.25) is 28.1 Å². The smallest absolute Gasteiger partial charge is 0.406 e. The quantitative estimate of drug-likeness (QED) is 0.0980. The minimum Gasteiger partial charge on any atom is -0.406 e. The van der Waals surface area contributed by atoms with Crippen molar-refractivity contribution in [2.24, 2.45) is 0 Å². The summed E-state index contributed by atoms with van der Waals surface area (Å²) in [6.45, 7) is 29.1. The molecule has 3 aromatic heterocycles. The second-order valence-electron chi connectivity index (χ2n) is 27.7. The van der Waals surface area contributed by atoms with Gasteiger partial charge in [0.15, 0.2) is 23.0 Å². The van der Waals surface area contributed by atoms with Crippen molar-refractivity contribution in [3.63, 3.8) is 0 Å². The maximum absolute atomic E-state index is 13.5. The first kappa shape index (κ1) is 91.4. The molecule has 0 aliphatic carbocycles. The number of fused-ring (bicyclic) bond motifs is 2. The molecule has 8 aromatic rings. The average molecular weight is 1710 g/mol. The summed E-state index contributed by atoms with van der Waals surface area (Å²) in [6, 6.07) is 27.9. The fourth-order valence-electron chi connectivity index (χ4n) is 10.5. The average Bonchev–Trinajstić information content (AvgIpc) is 1.61. The summed E-state index contributed by atoms with van der Waals surface area (Å²) in [7, 11) is -1.61. The Morgan fingerprint density at radius 3 is 1.05 bits per heavy atom. The zero-order valence-electron chi connectivity index (χ0n) is 60.1. The van der Waals surface area contributed by atoms with Gasteiger partial charge in [-0.15, -0.1) is 57.1 Å². The Hall–Kier alpha value is -8.45.